The summed E-state index contributed by atoms with van der Waals surface area (Å²) in [5, 5.41) is 37.7. The molecule has 0 aromatic carbocycles. The Morgan fingerprint density at radius 3 is 2.65 bits per heavy atom. The Morgan fingerprint density at radius 2 is 2.06 bits per heavy atom. The molecule has 0 aliphatic carbocycles. The summed E-state index contributed by atoms with van der Waals surface area (Å²) in [6.07, 6.45) is 2.42. The quantitative estimate of drug-likeness (QED) is 0.443. The monoisotopic (exact) mass is 244 g/mol. The Kier molecular flexibility index (Phi) is 5.49. The Labute approximate surface area is 100 Å². The largest absolute Gasteiger partial charge is 0.396 e. The Hall–Kier alpha value is -1.02. The summed E-state index contributed by atoms with van der Waals surface area (Å²) >= 11 is 0. The van der Waals surface area contributed by atoms with Crippen LogP contribution in [0, 0.1) is 0 Å². The van der Waals surface area contributed by atoms with E-state index in [1.54, 1.807) is 17.8 Å². The van der Waals surface area contributed by atoms with Gasteiger partial charge in [-0.15, -0.1) is 5.10 Å². The topological polar surface area (TPSA) is 103 Å². The molecule has 0 spiro atoms. The van der Waals surface area contributed by atoms with E-state index in [1.165, 1.54) is 0 Å². The Morgan fingerprint density at radius 1 is 1.35 bits per heavy atom. The zero-order valence-electron chi connectivity index (χ0n) is 10.0. The Bertz CT molecular complexity index is 325. The summed E-state index contributed by atoms with van der Waals surface area (Å²) in [4.78, 5) is 0. The molecule has 0 aliphatic rings. The van der Waals surface area contributed by atoms with E-state index in [-0.39, 0.29) is 19.8 Å². The number of aromatic nitrogens is 3. The first-order chi connectivity index (χ1) is 8.13. The lowest BCUT2D eigenvalue weighted by Gasteiger charge is -2.25. The van der Waals surface area contributed by atoms with Crippen LogP contribution in [0.25, 0.3) is 0 Å². The molecule has 1 heterocycles. The van der Waals surface area contributed by atoms with Gasteiger partial charge in [-0.3, -0.25) is 4.68 Å². The minimum Gasteiger partial charge on any atom is -0.396 e. The van der Waals surface area contributed by atoms with E-state index in [1.807, 2.05) is 0 Å². The molecule has 0 atom stereocenters. The van der Waals surface area contributed by atoms with E-state index < -0.39 is 5.54 Å². The van der Waals surface area contributed by atoms with Crippen LogP contribution in [0.5, 0.6) is 0 Å². The molecule has 0 saturated carbocycles. The molecule has 17 heavy (non-hydrogen) atoms. The van der Waals surface area contributed by atoms with Gasteiger partial charge in [0.2, 0.25) is 0 Å². The van der Waals surface area contributed by atoms with Gasteiger partial charge in [0.25, 0.3) is 0 Å². The number of nitrogens with zero attached hydrogens (tertiary/aromatic N) is 3. The second-order valence-electron chi connectivity index (χ2n) is 4.28. The first-order valence-corrected chi connectivity index (χ1v) is 5.60. The summed E-state index contributed by atoms with van der Waals surface area (Å²) in [5.41, 5.74) is 0.0191. The van der Waals surface area contributed by atoms with Crippen molar-refractivity contribution in [2.75, 3.05) is 19.8 Å². The maximum absolute atomic E-state index is 9.09. The van der Waals surface area contributed by atoms with Crippen LogP contribution in [0.1, 0.15) is 19.0 Å². The molecular weight excluding hydrogens is 224 g/mol. The molecule has 4 N–H and O–H groups in total. The van der Waals surface area contributed by atoms with Crippen LogP contribution in [0.3, 0.4) is 0 Å². The van der Waals surface area contributed by atoms with Gasteiger partial charge < -0.3 is 20.6 Å². The van der Waals surface area contributed by atoms with Crippen LogP contribution in [0.4, 0.5) is 0 Å². The highest BCUT2D eigenvalue weighted by atomic mass is 16.3. The molecule has 0 fully saturated rings. The van der Waals surface area contributed by atoms with Crippen molar-refractivity contribution in [2.45, 2.75) is 32.0 Å². The highest BCUT2D eigenvalue weighted by Crippen LogP contribution is 2.03. The molecule has 0 radical (unpaired) electrons. The molecule has 7 heteroatoms. The molecule has 0 aliphatic heterocycles. The lowest BCUT2D eigenvalue weighted by molar-refractivity contribution is 0.103. The molecule has 0 bridgehead atoms. The number of aliphatic hydroxyl groups excluding tert-OH is 3. The van der Waals surface area contributed by atoms with Gasteiger partial charge in [0.1, 0.15) is 0 Å². The van der Waals surface area contributed by atoms with Gasteiger partial charge in [-0.25, -0.2) is 0 Å². The first-order valence-electron chi connectivity index (χ1n) is 5.60. The predicted molar refractivity (Wildman–Crippen MR) is 61.1 cm³/mol. The molecule has 0 amide bonds. The van der Waals surface area contributed by atoms with Gasteiger partial charge in [0.15, 0.2) is 0 Å². The average Bonchev–Trinajstić information content (AvgIpc) is 2.81. The van der Waals surface area contributed by atoms with Crippen molar-refractivity contribution in [3.63, 3.8) is 0 Å². The number of nitrogens with one attached hydrogen (secondary N) is 1. The van der Waals surface area contributed by atoms with Crippen LogP contribution in [-0.2, 0) is 13.1 Å². The summed E-state index contributed by atoms with van der Waals surface area (Å²) in [5.74, 6) is 0. The van der Waals surface area contributed by atoms with Crippen LogP contribution < -0.4 is 5.32 Å². The van der Waals surface area contributed by atoms with Crippen molar-refractivity contribution >= 4 is 0 Å². The SMILES string of the molecule is CC(CO)(CO)NCc1cn(CCCO)nn1. The summed E-state index contributed by atoms with van der Waals surface area (Å²) in [6.45, 7) is 2.60. The van der Waals surface area contributed by atoms with Gasteiger partial charge in [0.05, 0.1) is 24.4 Å². The average molecular weight is 244 g/mol. The molecule has 1 rings (SSSR count). The van der Waals surface area contributed by atoms with Crippen molar-refractivity contribution in [3.05, 3.63) is 11.9 Å². The normalized spacial score (nSPS) is 12.0. The van der Waals surface area contributed by atoms with Crippen molar-refractivity contribution in [1.82, 2.24) is 20.3 Å². The third-order valence-electron chi connectivity index (χ3n) is 2.53. The number of aryl methyl sites for hydroxylation is 1. The van der Waals surface area contributed by atoms with E-state index in [0.29, 0.717) is 19.5 Å². The number of hydrogen-bond acceptors (Lipinski definition) is 6. The Balaban J connectivity index is 2.44. The van der Waals surface area contributed by atoms with Crippen LogP contribution in [-0.4, -0.2) is 55.7 Å². The second-order valence-corrected chi connectivity index (χ2v) is 4.28. The number of hydrogen-bond donors (Lipinski definition) is 4. The van der Waals surface area contributed by atoms with E-state index in [9.17, 15) is 0 Å². The third kappa shape index (κ3) is 4.39. The fourth-order valence-electron chi connectivity index (χ4n) is 1.23. The summed E-state index contributed by atoms with van der Waals surface area (Å²) in [6, 6.07) is 0. The maximum Gasteiger partial charge on any atom is 0.0965 e. The van der Waals surface area contributed by atoms with Gasteiger partial charge in [-0.1, -0.05) is 5.21 Å². The fourth-order valence-corrected chi connectivity index (χ4v) is 1.23. The molecule has 0 saturated heterocycles. The highest BCUT2D eigenvalue weighted by molar-refractivity contribution is 4.94. The molecular formula is C10H20N4O3. The maximum atomic E-state index is 9.09. The van der Waals surface area contributed by atoms with Gasteiger partial charge in [0, 0.05) is 25.9 Å². The van der Waals surface area contributed by atoms with Gasteiger partial charge >= 0.3 is 0 Å². The minimum atomic E-state index is -0.713. The first kappa shape index (κ1) is 14.0. The van der Waals surface area contributed by atoms with Crippen LogP contribution in [0.15, 0.2) is 6.20 Å². The molecule has 1 aromatic rings. The zero-order chi connectivity index (χ0) is 12.7. The van der Waals surface area contributed by atoms with E-state index >= 15 is 0 Å². The highest BCUT2D eigenvalue weighted by Gasteiger charge is 2.21. The van der Waals surface area contributed by atoms with Crippen LogP contribution >= 0.6 is 0 Å². The second kappa shape index (κ2) is 6.65. The zero-order valence-corrected chi connectivity index (χ0v) is 10.0. The number of aliphatic hydroxyl groups is 3. The predicted octanol–water partition coefficient (Wildman–Crippen LogP) is -1.51. The molecule has 98 valence electrons. The van der Waals surface area contributed by atoms with Crippen molar-refractivity contribution in [3.8, 4) is 0 Å². The van der Waals surface area contributed by atoms with Crippen molar-refractivity contribution in [2.24, 2.45) is 0 Å². The standard InChI is InChI=1S/C10H20N4O3/c1-10(7-16,8-17)11-5-9-6-14(13-12-9)3-2-4-15/h6,11,15-17H,2-5,7-8H2,1H3. The molecule has 1 aromatic heterocycles. The third-order valence-corrected chi connectivity index (χ3v) is 2.53. The number of rotatable bonds is 8. The summed E-state index contributed by atoms with van der Waals surface area (Å²) < 4.78 is 1.66. The molecule has 7 nitrogen and oxygen atoms in total. The van der Waals surface area contributed by atoms with Crippen molar-refractivity contribution < 1.29 is 15.3 Å². The van der Waals surface area contributed by atoms with E-state index in [0.717, 1.165) is 5.69 Å². The smallest absolute Gasteiger partial charge is 0.0965 e. The van der Waals surface area contributed by atoms with E-state index in [2.05, 4.69) is 15.6 Å². The lowest BCUT2D eigenvalue weighted by Crippen LogP contribution is -2.48. The van der Waals surface area contributed by atoms with Crippen LogP contribution in [0.2, 0.25) is 0 Å². The van der Waals surface area contributed by atoms with Gasteiger partial charge in [-0.2, -0.15) is 0 Å². The summed E-state index contributed by atoms with van der Waals surface area (Å²) in [7, 11) is 0. The van der Waals surface area contributed by atoms with Gasteiger partial charge in [-0.05, 0) is 13.3 Å². The van der Waals surface area contributed by atoms with Crippen molar-refractivity contribution in [1.29, 1.82) is 0 Å². The minimum absolute atomic E-state index is 0.126. The lowest BCUT2D eigenvalue weighted by atomic mass is 10.1. The molecule has 0 unspecified atom stereocenters. The fraction of sp³-hybridized carbons (Fsp3) is 0.800. The van der Waals surface area contributed by atoms with E-state index in [4.69, 9.17) is 15.3 Å².